The van der Waals surface area contributed by atoms with Crippen molar-refractivity contribution in [3.05, 3.63) is 53.7 Å². The first-order valence-corrected chi connectivity index (χ1v) is 11.4. The van der Waals surface area contributed by atoms with Gasteiger partial charge >= 0.3 is 6.03 Å². The van der Waals surface area contributed by atoms with Crippen LogP contribution in [0.1, 0.15) is 17.5 Å². The third kappa shape index (κ3) is 7.60. The summed E-state index contributed by atoms with van der Waals surface area (Å²) >= 11 is 1.87. The number of anilines is 2. The third-order valence-corrected chi connectivity index (χ3v) is 5.69. The number of amides is 4. The number of thioether (sulfide) groups is 1. The second-order valence-corrected chi connectivity index (χ2v) is 8.49. The van der Waals surface area contributed by atoms with E-state index in [1.807, 2.05) is 41.8 Å². The number of rotatable bonds is 7. The summed E-state index contributed by atoms with van der Waals surface area (Å²) in [7, 11) is 0. The lowest BCUT2D eigenvalue weighted by atomic mass is 10.1. The van der Waals surface area contributed by atoms with E-state index in [1.54, 1.807) is 24.4 Å². The molecule has 1 fully saturated rings. The molecule has 2 heterocycles. The summed E-state index contributed by atoms with van der Waals surface area (Å²) in [5.74, 6) is 2.39. The molecule has 0 aliphatic carbocycles. The number of aryl methyl sites for hydroxylation is 1. The Balaban J connectivity index is 1.36. The molecule has 1 saturated heterocycles. The first-order chi connectivity index (χ1) is 15.0. The highest BCUT2D eigenvalue weighted by Crippen LogP contribution is 2.14. The van der Waals surface area contributed by atoms with Gasteiger partial charge in [-0.15, -0.1) is 0 Å². The van der Waals surface area contributed by atoms with Gasteiger partial charge < -0.3 is 20.9 Å². The van der Waals surface area contributed by atoms with Crippen LogP contribution in [-0.2, 0) is 16.0 Å². The molecule has 164 valence electrons. The van der Waals surface area contributed by atoms with Crippen LogP contribution in [0, 0.1) is 6.92 Å². The fourth-order valence-corrected chi connectivity index (χ4v) is 3.92. The van der Waals surface area contributed by atoms with Crippen molar-refractivity contribution in [1.29, 1.82) is 0 Å². The van der Waals surface area contributed by atoms with Gasteiger partial charge in [0.25, 0.3) is 0 Å². The predicted octanol–water partition coefficient (Wildman–Crippen LogP) is 2.66. The average Bonchev–Trinajstić information content (AvgIpc) is 2.77. The Bertz CT molecular complexity index is 896. The molecule has 9 heteroatoms. The summed E-state index contributed by atoms with van der Waals surface area (Å²) < 4.78 is 0. The Morgan fingerprint density at radius 3 is 2.45 bits per heavy atom. The second-order valence-electron chi connectivity index (χ2n) is 7.27. The molecule has 3 N–H and O–H groups in total. The zero-order chi connectivity index (χ0) is 22.1. The van der Waals surface area contributed by atoms with Crippen LogP contribution in [-0.4, -0.2) is 58.9 Å². The Hall–Kier alpha value is -3.07. The van der Waals surface area contributed by atoms with Crippen molar-refractivity contribution in [2.45, 2.75) is 19.8 Å². The van der Waals surface area contributed by atoms with E-state index in [0.29, 0.717) is 17.9 Å². The standard InChI is InChI=1S/C22H27N5O3S/c1-16-2-7-19(24-15-16)26-20(28)8-9-23-22(30)25-18-5-3-17(4-6-18)14-21(29)27-10-12-31-13-11-27/h2-7,15H,8-14H2,1H3,(H2,23,25,30)(H,24,26,28). The highest BCUT2D eigenvalue weighted by atomic mass is 32.2. The van der Waals surface area contributed by atoms with Crippen molar-refractivity contribution < 1.29 is 14.4 Å². The SMILES string of the molecule is Cc1ccc(NC(=O)CCNC(=O)Nc2ccc(CC(=O)N3CCSCC3)cc2)nc1. The zero-order valence-corrected chi connectivity index (χ0v) is 18.3. The number of hydrogen-bond donors (Lipinski definition) is 3. The molecular formula is C22H27N5O3S. The second kappa shape index (κ2) is 11.4. The number of benzene rings is 1. The number of hydrogen-bond acceptors (Lipinski definition) is 5. The quantitative estimate of drug-likeness (QED) is 0.613. The van der Waals surface area contributed by atoms with E-state index in [9.17, 15) is 14.4 Å². The molecule has 2 aromatic rings. The molecule has 0 bridgehead atoms. The van der Waals surface area contributed by atoms with Crippen LogP contribution in [0.4, 0.5) is 16.3 Å². The average molecular weight is 442 g/mol. The predicted molar refractivity (Wildman–Crippen MR) is 123 cm³/mol. The number of aromatic nitrogens is 1. The topological polar surface area (TPSA) is 103 Å². The molecule has 1 aromatic carbocycles. The maximum absolute atomic E-state index is 12.3. The first kappa shape index (κ1) is 22.6. The number of carbonyl (C=O) groups is 3. The van der Waals surface area contributed by atoms with Crippen molar-refractivity contribution in [3.63, 3.8) is 0 Å². The Morgan fingerprint density at radius 2 is 1.77 bits per heavy atom. The van der Waals surface area contributed by atoms with Gasteiger partial charge in [0.1, 0.15) is 5.82 Å². The fraction of sp³-hybridized carbons (Fsp3) is 0.364. The molecule has 0 atom stereocenters. The Kier molecular flexibility index (Phi) is 8.28. The van der Waals surface area contributed by atoms with E-state index in [0.717, 1.165) is 35.7 Å². The normalized spacial score (nSPS) is 13.4. The van der Waals surface area contributed by atoms with Crippen molar-refractivity contribution in [2.24, 2.45) is 0 Å². The summed E-state index contributed by atoms with van der Waals surface area (Å²) in [6.07, 6.45) is 2.18. The van der Waals surface area contributed by atoms with Crippen LogP contribution in [0.25, 0.3) is 0 Å². The molecular weight excluding hydrogens is 414 g/mol. The van der Waals surface area contributed by atoms with Gasteiger partial charge in [-0.25, -0.2) is 9.78 Å². The molecule has 4 amide bonds. The Morgan fingerprint density at radius 1 is 1.03 bits per heavy atom. The van der Waals surface area contributed by atoms with E-state index in [2.05, 4.69) is 20.9 Å². The Labute approximate surface area is 186 Å². The van der Waals surface area contributed by atoms with Crippen LogP contribution < -0.4 is 16.0 Å². The third-order valence-electron chi connectivity index (χ3n) is 4.75. The summed E-state index contributed by atoms with van der Waals surface area (Å²) in [4.78, 5) is 42.3. The number of pyridine rings is 1. The van der Waals surface area contributed by atoms with Gasteiger partial charge in [-0.2, -0.15) is 11.8 Å². The summed E-state index contributed by atoms with van der Waals surface area (Å²) in [5, 5.41) is 8.06. The maximum Gasteiger partial charge on any atom is 0.319 e. The van der Waals surface area contributed by atoms with Gasteiger partial charge in [-0.05, 0) is 36.2 Å². The van der Waals surface area contributed by atoms with Crippen LogP contribution in [0.2, 0.25) is 0 Å². The smallest absolute Gasteiger partial charge is 0.319 e. The van der Waals surface area contributed by atoms with Gasteiger partial charge in [0.05, 0.1) is 6.42 Å². The number of nitrogens with one attached hydrogen (secondary N) is 3. The number of urea groups is 1. The molecule has 3 rings (SSSR count). The molecule has 0 saturated carbocycles. The van der Waals surface area contributed by atoms with Gasteiger partial charge in [0.15, 0.2) is 0 Å². The maximum atomic E-state index is 12.3. The van der Waals surface area contributed by atoms with E-state index < -0.39 is 6.03 Å². The lowest BCUT2D eigenvalue weighted by Gasteiger charge is -2.26. The van der Waals surface area contributed by atoms with E-state index >= 15 is 0 Å². The van der Waals surface area contributed by atoms with Crippen molar-refractivity contribution in [2.75, 3.05) is 41.8 Å². The zero-order valence-electron chi connectivity index (χ0n) is 17.5. The van der Waals surface area contributed by atoms with Crippen molar-refractivity contribution >= 4 is 41.1 Å². The first-order valence-electron chi connectivity index (χ1n) is 10.2. The van der Waals surface area contributed by atoms with Crippen LogP contribution in [0.5, 0.6) is 0 Å². The van der Waals surface area contributed by atoms with E-state index in [1.165, 1.54) is 0 Å². The highest BCUT2D eigenvalue weighted by Gasteiger charge is 2.16. The molecule has 8 nitrogen and oxygen atoms in total. The van der Waals surface area contributed by atoms with Gasteiger partial charge in [-0.1, -0.05) is 18.2 Å². The summed E-state index contributed by atoms with van der Waals surface area (Å²) in [5.41, 5.74) is 2.55. The number of carbonyl (C=O) groups excluding carboxylic acids is 3. The van der Waals surface area contributed by atoms with Crippen LogP contribution in [0.3, 0.4) is 0 Å². The molecule has 1 aliphatic heterocycles. The molecule has 0 spiro atoms. The monoisotopic (exact) mass is 441 g/mol. The van der Waals surface area contributed by atoms with Gasteiger partial charge in [0.2, 0.25) is 11.8 Å². The van der Waals surface area contributed by atoms with Crippen LogP contribution >= 0.6 is 11.8 Å². The fourth-order valence-electron chi connectivity index (χ4n) is 3.02. The summed E-state index contributed by atoms with van der Waals surface area (Å²) in [6.45, 7) is 3.74. The minimum absolute atomic E-state index is 0.137. The van der Waals surface area contributed by atoms with Gasteiger partial charge in [0, 0.05) is 49.4 Å². The number of nitrogens with zero attached hydrogens (tertiary/aromatic N) is 2. The van der Waals surface area contributed by atoms with E-state index in [-0.39, 0.29) is 24.8 Å². The molecule has 31 heavy (non-hydrogen) atoms. The lowest BCUT2D eigenvalue weighted by molar-refractivity contribution is -0.130. The minimum atomic E-state index is -0.393. The molecule has 0 radical (unpaired) electrons. The van der Waals surface area contributed by atoms with Crippen molar-refractivity contribution in [3.8, 4) is 0 Å². The highest BCUT2D eigenvalue weighted by molar-refractivity contribution is 7.99. The largest absolute Gasteiger partial charge is 0.341 e. The summed E-state index contributed by atoms with van der Waals surface area (Å²) in [6, 6.07) is 10.4. The van der Waals surface area contributed by atoms with Crippen LogP contribution in [0.15, 0.2) is 42.6 Å². The van der Waals surface area contributed by atoms with Crippen molar-refractivity contribution in [1.82, 2.24) is 15.2 Å². The van der Waals surface area contributed by atoms with Gasteiger partial charge in [-0.3, -0.25) is 9.59 Å². The molecule has 0 unspecified atom stereocenters. The molecule has 1 aromatic heterocycles. The lowest BCUT2D eigenvalue weighted by Crippen LogP contribution is -2.38. The van der Waals surface area contributed by atoms with E-state index in [4.69, 9.17) is 0 Å². The minimum Gasteiger partial charge on any atom is -0.341 e. The molecule has 1 aliphatic rings.